The summed E-state index contributed by atoms with van der Waals surface area (Å²) in [5.74, 6) is -0.310. The van der Waals surface area contributed by atoms with Crippen molar-refractivity contribution in [2.45, 2.75) is 45.8 Å². The first-order valence-electron chi connectivity index (χ1n) is 10.2. The highest BCUT2D eigenvalue weighted by Gasteiger charge is 2.25. The summed E-state index contributed by atoms with van der Waals surface area (Å²) in [6.07, 6.45) is 1.52. The van der Waals surface area contributed by atoms with Crippen LogP contribution in [-0.4, -0.2) is 18.1 Å². The predicted molar refractivity (Wildman–Crippen MR) is 114 cm³/mol. The number of carbonyl (C=O) groups is 2. The van der Waals surface area contributed by atoms with E-state index in [0.717, 1.165) is 29.5 Å². The summed E-state index contributed by atoms with van der Waals surface area (Å²) in [5.41, 5.74) is 3.21. The number of hydrogen-bond donors (Lipinski definition) is 1. The minimum Gasteiger partial charge on any atom is -0.445 e. The standard InChI is InChI=1S/C24H23NO6/c1-14-11-19(21-17-9-6-10-18(17)23(27)31-20(21)12-14)30-22(26)15(2)25-24(28)29-13-16-7-4-3-5-8-16/h3-5,7-8,11-12,15H,6,9-10,13H2,1-2H3,(H,25,28). The topological polar surface area (TPSA) is 94.8 Å². The average molecular weight is 421 g/mol. The van der Waals surface area contributed by atoms with E-state index in [1.54, 1.807) is 12.1 Å². The largest absolute Gasteiger partial charge is 0.445 e. The molecule has 4 rings (SSSR count). The second kappa shape index (κ2) is 8.63. The van der Waals surface area contributed by atoms with Crippen molar-refractivity contribution >= 4 is 23.0 Å². The maximum atomic E-state index is 12.7. The van der Waals surface area contributed by atoms with Gasteiger partial charge in [0.25, 0.3) is 0 Å². The highest BCUT2D eigenvalue weighted by atomic mass is 16.6. The molecule has 2 aromatic carbocycles. The number of rotatable bonds is 5. The van der Waals surface area contributed by atoms with Crippen LogP contribution < -0.4 is 15.7 Å². The number of alkyl carbamates (subject to hydrolysis) is 1. The fourth-order valence-electron chi connectivity index (χ4n) is 3.78. The number of nitrogens with one attached hydrogen (secondary N) is 1. The van der Waals surface area contributed by atoms with Gasteiger partial charge in [-0.15, -0.1) is 0 Å². The maximum Gasteiger partial charge on any atom is 0.408 e. The van der Waals surface area contributed by atoms with Crippen molar-refractivity contribution in [1.29, 1.82) is 0 Å². The van der Waals surface area contributed by atoms with Gasteiger partial charge in [0.05, 0.1) is 5.39 Å². The second-order valence-electron chi connectivity index (χ2n) is 7.69. The highest BCUT2D eigenvalue weighted by Crippen LogP contribution is 2.35. The Labute approximate surface area is 179 Å². The SMILES string of the molecule is Cc1cc(OC(=O)C(C)NC(=O)OCc2ccccc2)c2c3c(c(=O)oc2c1)CCC3. The van der Waals surface area contributed by atoms with Gasteiger partial charge in [-0.2, -0.15) is 0 Å². The van der Waals surface area contributed by atoms with Crippen LogP contribution in [0.4, 0.5) is 4.79 Å². The Kier molecular flexibility index (Phi) is 5.75. The number of hydrogen-bond acceptors (Lipinski definition) is 6. The molecule has 0 spiro atoms. The van der Waals surface area contributed by atoms with Gasteiger partial charge in [0, 0.05) is 5.56 Å². The normalized spacial score (nSPS) is 13.5. The molecule has 0 aliphatic heterocycles. The van der Waals surface area contributed by atoms with Crippen molar-refractivity contribution in [2.24, 2.45) is 0 Å². The molecule has 0 bridgehead atoms. The van der Waals surface area contributed by atoms with Crippen molar-refractivity contribution in [3.05, 3.63) is 75.1 Å². The third-order valence-corrected chi connectivity index (χ3v) is 5.29. The molecule has 1 aliphatic carbocycles. The lowest BCUT2D eigenvalue weighted by Gasteiger charge is -2.16. The first kappa shape index (κ1) is 20.7. The average Bonchev–Trinajstić information content (AvgIpc) is 3.23. The first-order valence-corrected chi connectivity index (χ1v) is 10.2. The maximum absolute atomic E-state index is 12.7. The van der Waals surface area contributed by atoms with Gasteiger partial charge in [-0.25, -0.2) is 14.4 Å². The Morgan fingerprint density at radius 2 is 1.87 bits per heavy atom. The zero-order valence-corrected chi connectivity index (χ0v) is 17.4. The summed E-state index contributed by atoms with van der Waals surface area (Å²) >= 11 is 0. The van der Waals surface area contributed by atoms with Crippen LogP contribution in [0.2, 0.25) is 0 Å². The van der Waals surface area contributed by atoms with E-state index < -0.39 is 18.1 Å². The van der Waals surface area contributed by atoms with Crippen LogP contribution in [0.15, 0.2) is 51.7 Å². The Morgan fingerprint density at radius 1 is 1.13 bits per heavy atom. The summed E-state index contributed by atoms with van der Waals surface area (Å²) in [5, 5.41) is 3.13. The fraction of sp³-hybridized carbons (Fsp3) is 0.292. The molecule has 160 valence electrons. The molecule has 0 radical (unpaired) electrons. The summed E-state index contributed by atoms with van der Waals surface area (Å²) in [7, 11) is 0. The van der Waals surface area contributed by atoms with Gasteiger partial charge in [0.1, 0.15) is 24.0 Å². The summed E-state index contributed by atoms with van der Waals surface area (Å²) < 4.78 is 16.3. The fourth-order valence-corrected chi connectivity index (χ4v) is 3.78. The van der Waals surface area contributed by atoms with Crippen LogP contribution in [0.5, 0.6) is 5.75 Å². The third-order valence-electron chi connectivity index (χ3n) is 5.29. The molecule has 0 fully saturated rings. The van der Waals surface area contributed by atoms with E-state index in [1.165, 1.54) is 6.92 Å². The van der Waals surface area contributed by atoms with Crippen molar-refractivity contribution in [2.75, 3.05) is 0 Å². The van der Waals surface area contributed by atoms with Crippen LogP contribution in [0.1, 0.15) is 35.6 Å². The lowest BCUT2D eigenvalue weighted by molar-refractivity contribution is -0.136. The van der Waals surface area contributed by atoms with Gasteiger partial charge in [-0.1, -0.05) is 30.3 Å². The van der Waals surface area contributed by atoms with Gasteiger partial charge >= 0.3 is 17.7 Å². The Hall–Kier alpha value is -3.61. The highest BCUT2D eigenvalue weighted by molar-refractivity contribution is 5.92. The van der Waals surface area contributed by atoms with Gasteiger partial charge in [0.15, 0.2) is 0 Å². The number of benzene rings is 2. The zero-order valence-electron chi connectivity index (χ0n) is 17.4. The molecular weight excluding hydrogens is 398 g/mol. The molecule has 1 amide bonds. The summed E-state index contributed by atoms with van der Waals surface area (Å²) in [6, 6.07) is 11.8. The van der Waals surface area contributed by atoms with Gasteiger partial charge < -0.3 is 19.2 Å². The Morgan fingerprint density at radius 3 is 2.65 bits per heavy atom. The molecule has 1 N–H and O–H groups in total. The Bertz CT molecular complexity index is 1200. The van der Waals surface area contributed by atoms with E-state index in [2.05, 4.69) is 5.32 Å². The number of aryl methyl sites for hydroxylation is 2. The number of carbonyl (C=O) groups excluding carboxylic acids is 2. The molecule has 1 aliphatic rings. The molecule has 1 heterocycles. The number of esters is 1. The molecule has 1 atom stereocenters. The van der Waals surface area contributed by atoms with Crippen LogP contribution >= 0.6 is 0 Å². The van der Waals surface area contributed by atoms with E-state index in [1.807, 2.05) is 37.3 Å². The molecule has 7 nitrogen and oxygen atoms in total. The molecular formula is C24H23NO6. The number of amides is 1. The smallest absolute Gasteiger partial charge is 0.408 e. The number of ether oxygens (including phenoxy) is 2. The number of fused-ring (bicyclic) bond motifs is 3. The summed E-state index contributed by atoms with van der Waals surface area (Å²) in [6.45, 7) is 3.45. The first-order chi connectivity index (χ1) is 14.9. The quantitative estimate of drug-likeness (QED) is 0.382. The minimum absolute atomic E-state index is 0.0993. The van der Waals surface area contributed by atoms with Gasteiger partial charge in [0.2, 0.25) is 0 Å². The van der Waals surface area contributed by atoms with E-state index >= 15 is 0 Å². The van der Waals surface area contributed by atoms with Gasteiger partial charge in [-0.05, 0) is 61.9 Å². The van der Waals surface area contributed by atoms with E-state index in [4.69, 9.17) is 13.9 Å². The van der Waals surface area contributed by atoms with Crippen LogP contribution in [0.25, 0.3) is 11.0 Å². The van der Waals surface area contributed by atoms with Crippen LogP contribution in [0, 0.1) is 6.92 Å². The lowest BCUT2D eigenvalue weighted by Crippen LogP contribution is -2.41. The van der Waals surface area contributed by atoms with Crippen LogP contribution in [-0.2, 0) is 29.0 Å². The Balaban J connectivity index is 1.48. The third kappa shape index (κ3) is 4.45. The molecule has 0 saturated heterocycles. The van der Waals surface area contributed by atoms with Gasteiger partial charge in [-0.3, -0.25) is 0 Å². The van der Waals surface area contributed by atoms with E-state index in [-0.39, 0.29) is 12.2 Å². The molecule has 0 saturated carbocycles. The zero-order chi connectivity index (χ0) is 22.0. The van der Waals surface area contributed by atoms with E-state index in [0.29, 0.717) is 28.7 Å². The molecule has 1 unspecified atom stereocenters. The molecule has 1 aromatic heterocycles. The molecule has 7 heteroatoms. The molecule has 31 heavy (non-hydrogen) atoms. The molecule has 3 aromatic rings. The monoisotopic (exact) mass is 421 g/mol. The lowest BCUT2D eigenvalue weighted by atomic mass is 10.0. The van der Waals surface area contributed by atoms with Crippen molar-refractivity contribution in [3.63, 3.8) is 0 Å². The predicted octanol–water partition coefficient (Wildman–Crippen LogP) is 3.81. The van der Waals surface area contributed by atoms with Crippen molar-refractivity contribution in [1.82, 2.24) is 5.32 Å². The van der Waals surface area contributed by atoms with Crippen molar-refractivity contribution < 1.29 is 23.5 Å². The summed E-state index contributed by atoms with van der Waals surface area (Å²) in [4.78, 5) is 36.9. The van der Waals surface area contributed by atoms with E-state index in [9.17, 15) is 14.4 Å². The minimum atomic E-state index is -0.928. The van der Waals surface area contributed by atoms with Crippen LogP contribution in [0.3, 0.4) is 0 Å². The van der Waals surface area contributed by atoms with Crippen molar-refractivity contribution in [3.8, 4) is 5.75 Å². The second-order valence-corrected chi connectivity index (χ2v) is 7.69.